The van der Waals surface area contributed by atoms with Crippen LogP contribution in [0.1, 0.15) is 25.0 Å². The Morgan fingerprint density at radius 3 is 2.37 bits per heavy atom. The molecule has 2 aromatic rings. The highest BCUT2D eigenvalue weighted by Crippen LogP contribution is 2.25. The Morgan fingerprint density at radius 1 is 1.10 bits per heavy atom. The van der Waals surface area contributed by atoms with Crippen molar-refractivity contribution in [2.45, 2.75) is 32.6 Å². The van der Waals surface area contributed by atoms with E-state index in [1.54, 1.807) is 39.8 Å². The summed E-state index contributed by atoms with van der Waals surface area (Å²) in [5, 5.41) is 16.6. The Morgan fingerprint density at radius 2 is 1.77 bits per heavy atom. The summed E-state index contributed by atoms with van der Waals surface area (Å²) in [6.07, 6.45) is 0. The lowest BCUT2D eigenvalue weighted by atomic mass is 10.1. The van der Waals surface area contributed by atoms with Gasteiger partial charge in [0, 0.05) is 36.1 Å². The molecular weight excluding hydrogens is 408 g/mol. The molecule has 2 N–H and O–H groups in total. The molecule has 0 saturated heterocycles. The molecule has 0 unspecified atom stereocenters. The van der Waals surface area contributed by atoms with E-state index in [2.05, 4.69) is 10.6 Å². The van der Waals surface area contributed by atoms with E-state index in [1.807, 2.05) is 0 Å². The zero-order valence-corrected chi connectivity index (χ0v) is 18.2. The van der Waals surface area contributed by atoms with Gasteiger partial charge in [0.1, 0.15) is 0 Å². The van der Waals surface area contributed by atoms with E-state index in [9.17, 15) is 23.3 Å². The van der Waals surface area contributed by atoms with E-state index in [1.165, 1.54) is 28.6 Å². The highest BCUT2D eigenvalue weighted by molar-refractivity contribution is 7.89. The van der Waals surface area contributed by atoms with Gasteiger partial charge in [0.2, 0.25) is 15.9 Å². The molecule has 2 aromatic carbocycles. The summed E-state index contributed by atoms with van der Waals surface area (Å²) in [6.45, 7) is 7.46. The average molecular weight is 435 g/mol. The first-order valence-electron chi connectivity index (χ1n) is 9.50. The highest BCUT2D eigenvalue weighted by Gasteiger charge is 2.22. The van der Waals surface area contributed by atoms with Crippen LogP contribution in [0.5, 0.6) is 0 Å². The van der Waals surface area contributed by atoms with Crippen LogP contribution in [-0.2, 0) is 14.8 Å². The van der Waals surface area contributed by atoms with Crippen LogP contribution < -0.4 is 10.6 Å². The van der Waals surface area contributed by atoms with Crippen LogP contribution in [0.2, 0.25) is 0 Å². The zero-order chi connectivity index (χ0) is 22.5. The number of aryl methyl sites for hydroxylation is 1. The van der Waals surface area contributed by atoms with E-state index in [-0.39, 0.29) is 17.1 Å². The lowest BCUT2D eigenvalue weighted by Gasteiger charge is -2.19. The molecule has 30 heavy (non-hydrogen) atoms. The van der Waals surface area contributed by atoms with Crippen LogP contribution in [0.3, 0.4) is 0 Å². The molecule has 0 aromatic heterocycles. The minimum absolute atomic E-state index is 0.0365. The van der Waals surface area contributed by atoms with Gasteiger partial charge in [-0.05, 0) is 37.6 Å². The van der Waals surface area contributed by atoms with Gasteiger partial charge in [0.05, 0.1) is 16.4 Å². The summed E-state index contributed by atoms with van der Waals surface area (Å²) in [7, 11) is -3.65. The number of carbonyl (C=O) groups excluding carboxylic acids is 1. The number of hydrogen-bond acceptors (Lipinski definition) is 6. The number of benzene rings is 2. The maximum Gasteiger partial charge on any atom is 0.274 e. The maximum absolute atomic E-state index is 12.7. The summed E-state index contributed by atoms with van der Waals surface area (Å²) >= 11 is 0. The molecule has 0 radical (unpaired) electrons. The molecule has 0 bridgehead atoms. The first-order chi connectivity index (χ1) is 14.1. The first-order valence-corrected chi connectivity index (χ1v) is 10.9. The number of nitro benzene ring substituents is 1. The van der Waals surface area contributed by atoms with Crippen LogP contribution >= 0.6 is 0 Å². The van der Waals surface area contributed by atoms with E-state index in [4.69, 9.17) is 0 Å². The summed E-state index contributed by atoms with van der Waals surface area (Å²) in [4.78, 5) is 23.1. The zero-order valence-electron chi connectivity index (χ0n) is 17.4. The van der Waals surface area contributed by atoms with Crippen LogP contribution in [-0.4, -0.2) is 43.2 Å². The van der Waals surface area contributed by atoms with E-state index >= 15 is 0 Å². The van der Waals surface area contributed by atoms with Crippen molar-refractivity contribution in [3.05, 3.63) is 57.6 Å². The molecule has 0 aliphatic heterocycles. The van der Waals surface area contributed by atoms with Gasteiger partial charge in [-0.2, -0.15) is 4.31 Å². The Bertz CT molecular complexity index is 1050. The van der Waals surface area contributed by atoms with Crippen molar-refractivity contribution < 1.29 is 18.1 Å². The second-order valence-corrected chi connectivity index (χ2v) is 8.61. The van der Waals surface area contributed by atoms with Crippen molar-refractivity contribution in [1.82, 2.24) is 4.31 Å². The number of amides is 1. The molecule has 1 amide bonds. The highest BCUT2D eigenvalue weighted by atomic mass is 32.2. The molecule has 0 heterocycles. The molecule has 162 valence electrons. The lowest BCUT2D eigenvalue weighted by molar-refractivity contribution is -0.385. The molecule has 9 nitrogen and oxygen atoms in total. The standard InChI is InChI=1S/C20H26N4O5S/c1-5-23(6-2)30(28,29)16-11-10-14(3)18(12-16)22-20(25)13-21-17-8-7-9-19(15(17)4)24(26)27/h7-12,21H,5-6,13H2,1-4H3,(H,22,25). The number of hydrogen-bond donors (Lipinski definition) is 2. The molecule has 0 fully saturated rings. The van der Waals surface area contributed by atoms with Crippen molar-refractivity contribution in [3.8, 4) is 0 Å². The number of nitrogens with zero attached hydrogens (tertiary/aromatic N) is 2. The Labute approximate surface area is 176 Å². The fourth-order valence-corrected chi connectivity index (χ4v) is 4.48. The van der Waals surface area contributed by atoms with Crippen molar-refractivity contribution in [3.63, 3.8) is 0 Å². The monoisotopic (exact) mass is 434 g/mol. The third-order valence-corrected chi connectivity index (χ3v) is 6.81. The number of anilines is 2. The van der Waals surface area contributed by atoms with Crippen molar-refractivity contribution in [2.24, 2.45) is 0 Å². The minimum atomic E-state index is -3.65. The van der Waals surface area contributed by atoms with Crippen molar-refractivity contribution >= 4 is 33.0 Å². The van der Waals surface area contributed by atoms with Crippen LogP contribution in [0.4, 0.5) is 17.1 Å². The van der Waals surface area contributed by atoms with Gasteiger partial charge in [-0.1, -0.05) is 26.0 Å². The van der Waals surface area contributed by atoms with E-state index < -0.39 is 20.9 Å². The van der Waals surface area contributed by atoms with Crippen LogP contribution in [0, 0.1) is 24.0 Å². The molecule has 0 saturated carbocycles. The average Bonchev–Trinajstić information content (AvgIpc) is 2.69. The maximum atomic E-state index is 12.7. The molecule has 0 aliphatic rings. The van der Waals surface area contributed by atoms with Crippen LogP contribution in [0.25, 0.3) is 0 Å². The van der Waals surface area contributed by atoms with Gasteiger partial charge in [0.25, 0.3) is 5.69 Å². The molecule has 0 aliphatic carbocycles. The summed E-state index contributed by atoms with van der Waals surface area (Å²) in [5.41, 5.74) is 1.98. The first kappa shape index (κ1) is 23.3. The normalized spacial score (nSPS) is 11.4. The second kappa shape index (κ2) is 9.68. The van der Waals surface area contributed by atoms with Crippen molar-refractivity contribution in [1.29, 1.82) is 0 Å². The number of rotatable bonds is 9. The fourth-order valence-electron chi connectivity index (χ4n) is 2.99. The molecular formula is C20H26N4O5S. The molecule has 10 heteroatoms. The molecule has 2 rings (SSSR count). The summed E-state index contributed by atoms with van der Waals surface area (Å²) in [6, 6.07) is 9.19. The quantitative estimate of drug-likeness (QED) is 0.461. The van der Waals surface area contributed by atoms with Gasteiger partial charge in [0.15, 0.2) is 0 Å². The fraction of sp³-hybridized carbons (Fsp3) is 0.350. The molecule has 0 atom stereocenters. The smallest absolute Gasteiger partial charge is 0.274 e. The SMILES string of the molecule is CCN(CC)S(=O)(=O)c1ccc(C)c(NC(=O)CNc2cccc([N+](=O)[O-])c2C)c1. The third kappa shape index (κ3) is 5.14. The number of sulfonamides is 1. The largest absolute Gasteiger partial charge is 0.376 e. The Balaban J connectivity index is 2.16. The van der Waals surface area contributed by atoms with Gasteiger partial charge < -0.3 is 10.6 Å². The van der Waals surface area contributed by atoms with E-state index in [0.717, 1.165) is 0 Å². The van der Waals surface area contributed by atoms with Gasteiger partial charge in [-0.25, -0.2) is 8.42 Å². The van der Waals surface area contributed by atoms with Gasteiger partial charge in [-0.3, -0.25) is 14.9 Å². The molecule has 0 spiro atoms. The minimum Gasteiger partial charge on any atom is -0.376 e. The Hall–Kier alpha value is -2.98. The van der Waals surface area contributed by atoms with Crippen molar-refractivity contribution in [2.75, 3.05) is 30.3 Å². The third-order valence-electron chi connectivity index (χ3n) is 4.77. The second-order valence-electron chi connectivity index (χ2n) is 6.67. The lowest BCUT2D eigenvalue weighted by Crippen LogP contribution is -2.30. The predicted molar refractivity (Wildman–Crippen MR) is 116 cm³/mol. The van der Waals surface area contributed by atoms with Gasteiger partial charge >= 0.3 is 0 Å². The topological polar surface area (TPSA) is 122 Å². The number of carbonyl (C=O) groups is 1. The Kier molecular flexibility index (Phi) is 7.52. The van der Waals surface area contributed by atoms with Gasteiger partial charge in [-0.15, -0.1) is 0 Å². The summed E-state index contributed by atoms with van der Waals surface area (Å²) < 4.78 is 26.8. The number of nitro groups is 1. The summed E-state index contributed by atoms with van der Waals surface area (Å²) in [5.74, 6) is -0.401. The van der Waals surface area contributed by atoms with Crippen LogP contribution in [0.15, 0.2) is 41.3 Å². The predicted octanol–water partition coefficient (Wildman–Crippen LogP) is 3.29. The van der Waals surface area contributed by atoms with E-state index in [0.29, 0.717) is 35.6 Å². The number of nitrogens with one attached hydrogen (secondary N) is 2.